The Morgan fingerprint density at radius 2 is 1.85 bits per heavy atom. The van der Waals surface area contributed by atoms with E-state index in [0.29, 0.717) is 22.0 Å². The first-order valence-corrected chi connectivity index (χ1v) is 7.87. The van der Waals surface area contributed by atoms with E-state index >= 15 is 0 Å². The van der Waals surface area contributed by atoms with Gasteiger partial charge in [0, 0.05) is 16.7 Å². The van der Waals surface area contributed by atoms with Crippen LogP contribution in [-0.2, 0) is 6.61 Å². The molecular formula is C17H14ClN5O3. The van der Waals surface area contributed by atoms with Crippen molar-refractivity contribution in [3.63, 3.8) is 0 Å². The summed E-state index contributed by atoms with van der Waals surface area (Å²) in [5.41, 5.74) is 13.4. The van der Waals surface area contributed by atoms with Gasteiger partial charge in [0.1, 0.15) is 18.2 Å². The van der Waals surface area contributed by atoms with E-state index in [1.54, 1.807) is 30.3 Å². The minimum absolute atomic E-state index is 0.00997. The molecule has 3 rings (SSSR count). The second-order valence-electron chi connectivity index (χ2n) is 5.34. The number of aromatic nitrogens is 2. The van der Waals surface area contributed by atoms with E-state index in [1.807, 2.05) is 0 Å². The number of rotatable bonds is 5. The molecule has 0 aliphatic heterocycles. The number of halogens is 1. The first-order chi connectivity index (χ1) is 12.4. The summed E-state index contributed by atoms with van der Waals surface area (Å²) in [6.07, 6.45) is 0. The van der Waals surface area contributed by atoms with Gasteiger partial charge in [-0.2, -0.15) is 4.98 Å². The van der Waals surface area contributed by atoms with E-state index in [2.05, 4.69) is 9.97 Å². The summed E-state index contributed by atoms with van der Waals surface area (Å²) < 4.78 is 5.65. The lowest BCUT2D eigenvalue weighted by Crippen LogP contribution is -2.09. The molecule has 0 aliphatic carbocycles. The maximum atomic E-state index is 10.9. The van der Waals surface area contributed by atoms with E-state index in [1.165, 1.54) is 18.2 Å². The van der Waals surface area contributed by atoms with Crippen molar-refractivity contribution in [2.75, 3.05) is 11.5 Å². The Kier molecular flexibility index (Phi) is 4.85. The Hall–Kier alpha value is -3.39. The largest absolute Gasteiger partial charge is 0.487 e. The van der Waals surface area contributed by atoms with Crippen molar-refractivity contribution >= 4 is 29.1 Å². The SMILES string of the molecule is Nc1nc(N)c(-c2ccc(Cl)cc2)c(COc2cccc([N+](=O)[O-])c2)n1. The first kappa shape index (κ1) is 17.4. The van der Waals surface area contributed by atoms with Crippen molar-refractivity contribution in [3.05, 3.63) is 69.4 Å². The zero-order chi connectivity index (χ0) is 18.7. The number of nitro groups is 1. The average molecular weight is 372 g/mol. The molecule has 0 radical (unpaired) electrons. The number of hydrogen-bond acceptors (Lipinski definition) is 7. The quantitative estimate of drug-likeness (QED) is 0.518. The van der Waals surface area contributed by atoms with Gasteiger partial charge in [-0.3, -0.25) is 10.1 Å². The monoisotopic (exact) mass is 371 g/mol. The summed E-state index contributed by atoms with van der Waals surface area (Å²) in [7, 11) is 0. The zero-order valence-corrected chi connectivity index (χ0v) is 14.2. The molecule has 3 aromatic rings. The molecule has 9 heteroatoms. The van der Waals surface area contributed by atoms with Gasteiger partial charge in [-0.15, -0.1) is 0 Å². The summed E-state index contributed by atoms with van der Waals surface area (Å²) in [5.74, 6) is 0.548. The van der Waals surface area contributed by atoms with Gasteiger partial charge in [0.2, 0.25) is 5.95 Å². The highest BCUT2D eigenvalue weighted by Crippen LogP contribution is 2.30. The van der Waals surface area contributed by atoms with Crippen LogP contribution < -0.4 is 16.2 Å². The normalized spacial score (nSPS) is 10.5. The molecule has 0 aliphatic rings. The van der Waals surface area contributed by atoms with Gasteiger partial charge in [0.05, 0.1) is 16.7 Å². The van der Waals surface area contributed by atoms with Crippen molar-refractivity contribution < 1.29 is 9.66 Å². The number of nitro benzene ring substituents is 1. The molecule has 8 nitrogen and oxygen atoms in total. The Balaban J connectivity index is 1.93. The molecule has 0 spiro atoms. The van der Waals surface area contributed by atoms with Crippen LogP contribution in [-0.4, -0.2) is 14.9 Å². The Morgan fingerprint density at radius 1 is 1.12 bits per heavy atom. The van der Waals surface area contributed by atoms with E-state index in [4.69, 9.17) is 27.8 Å². The summed E-state index contributed by atoms with van der Waals surface area (Å²) in [6, 6.07) is 12.9. The van der Waals surface area contributed by atoms with Gasteiger partial charge in [-0.05, 0) is 23.8 Å². The van der Waals surface area contributed by atoms with Gasteiger partial charge in [-0.1, -0.05) is 29.8 Å². The van der Waals surface area contributed by atoms with E-state index < -0.39 is 4.92 Å². The second-order valence-corrected chi connectivity index (χ2v) is 5.78. The first-order valence-electron chi connectivity index (χ1n) is 7.49. The molecule has 0 bridgehead atoms. The van der Waals surface area contributed by atoms with Crippen molar-refractivity contribution in [1.82, 2.24) is 9.97 Å². The topological polar surface area (TPSA) is 130 Å². The molecule has 2 aromatic carbocycles. The van der Waals surface area contributed by atoms with E-state index in [-0.39, 0.29) is 24.1 Å². The number of benzene rings is 2. The van der Waals surface area contributed by atoms with Crippen molar-refractivity contribution in [2.45, 2.75) is 6.61 Å². The number of nitrogen functional groups attached to an aromatic ring is 2. The van der Waals surface area contributed by atoms with Crippen LogP contribution in [0.4, 0.5) is 17.5 Å². The minimum Gasteiger partial charge on any atom is -0.487 e. The molecule has 26 heavy (non-hydrogen) atoms. The molecule has 0 unspecified atom stereocenters. The minimum atomic E-state index is -0.493. The fourth-order valence-corrected chi connectivity index (χ4v) is 2.55. The highest BCUT2D eigenvalue weighted by Gasteiger charge is 2.15. The summed E-state index contributed by atoms with van der Waals surface area (Å²) in [5, 5.41) is 11.5. The van der Waals surface area contributed by atoms with Crippen LogP contribution in [0.25, 0.3) is 11.1 Å². The molecule has 0 fully saturated rings. The molecular weight excluding hydrogens is 358 g/mol. The maximum Gasteiger partial charge on any atom is 0.273 e. The zero-order valence-electron chi connectivity index (χ0n) is 13.4. The van der Waals surface area contributed by atoms with Crippen LogP contribution in [0.1, 0.15) is 5.69 Å². The fourth-order valence-electron chi connectivity index (χ4n) is 2.42. The molecule has 0 saturated heterocycles. The summed E-state index contributed by atoms with van der Waals surface area (Å²) in [4.78, 5) is 18.6. The van der Waals surface area contributed by atoms with Gasteiger partial charge in [-0.25, -0.2) is 4.98 Å². The van der Waals surface area contributed by atoms with Crippen LogP contribution in [0, 0.1) is 10.1 Å². The molecule has 4 N–H and O–H groups in total. The van der Waals surface area contributed by atoms with Crippen molar-refractivity contribution in [1.29, 1.82) is 0 Å². The summed E-state index contributed by atoms with van der Waals surface area (Å²) in [6.45, 7) is 0.00997. The van der Waals surface area contributed by atoms with Crippen LogP contribution in [0.2, 0.25) is 5.02 Å². The summed E-state index contributed by atoms with van der Waals surface area (Å²) >= 11 is 5.92. The molecule has 0 saturated carbocycles. The molecule has 0 amide bonds. The Labute approximate surface area is 153 Å². The number of ether oxygens (including phenoxy) is 1. The van der Waals surface area contributed by atoms with Crippen LogP contribution in [0.15, 0.2) is 48.5 Å². The third-order valence-corrected chi connectivity index (χ3v) is 3.82. The maximum absolute atomic E-state index is 10.9. The Morgan fingerprint density at radius 3 is 2.54 bits per heavy atom. The third kappa shape index (κ3) is 3.81. The molecule has 132 valence electrons. The molecule has 1 heterocycles. The second kappa shape index (κ2) is 7.24. The highest BCUT2D eigenvalue weighted by molar-refractivity contribution is 6.30. The lowest BCUT2D eigenvalue weighted by Gasteiger charge is -2.13. The Bertz CT molecular complexity index is 963. The predicted molar refractivity (Wildman–Crippen MR) is 98.7 cm³/mol. The molecule has 1 aromatic heterocycles. The smallest absolute Gasteiger partial charge is 0.273 e. The lowest BCUT2D eigenvalue weighted by molar-refractivity contribution is -0.384. The standard InChI is InChI=1S/C17H14ClN5O3/c18-11-6-4-10(5-7-11)15-14(21-17(20)22-16(15)19)9-26-13-3-1-2-12(8-13)23(24)25/h1-8H,9H2,(H4,19,20,21,22). The highest BCUT2D eigenvalue weighted by atomic mass is 35.5. The van der Waals surface area contributed by atoms with Crippen LogP contribution in [0.3, 0.4) is 0 Å². The van der Waals surface area contributed by atoms with Crippen molar-refractivity contribution in [2.24, 2.45) is 0 Å². The van der Waals surface area contributed by atoms with Crippen LogP contribution >= 0.6 is 11.6 Å². The van der Waals surface area contributed by atoms with Crippen molar-refractivity contribution in [3.8, 4) is 16.9 Å². The third-order valence-electron chi connectivity index (χ3n) is 3.57. The average Bonchev–Trinajstić information content (AvgIpc) is 2.61. The fraction of sp³-hybridized carbons (Fsp3) is 0.0588. The number of anilines is 2. The van der Waals surface area contributed by atoms with Gasteiger partial charge in [0.25, 0.3) is 5.69 Å². The number of non-ortho nitro benzene ring substituents is 1. The van der Waals surface area contributed by atoms with Crippen LogP contribution in [0.5, 0.6) is 5.75 Å². The lowest BCUT2D eigenvalue weighted by atomic mass is 10.0. The number of nitrogens with two attached hydrogens (primary N) is 2. The molecule has 0 atom stereocenters. The van der Waals surface area contributed by atoms with E-state index in [0.717, 1.165) is 5.56 Å². The predicted octanol–water partition coefficient (Wildman–Crippen LogP) is 3.45. The van der Waals surface area contributed by atoms with Gasteiger partial charge >= 0.3 is 0 Å². The van der Waals surface area contributed by atoms with E-state index in [9.17, 15) is 10.1 Å². The number of hydrogen-bond donors (Lipinski definition) is 2. The van der Waals surface area contributed by atoms with Gasteiger partial charge in [0.15, 0.2) is 0 Å². The number of nitrogens with zero attached hydrogens (tertiary/aromatic N) is 3. The van der Waals surface area contributed by atoms with Gasteiger partial charge < -0.3 is 16.2 Å².